The minimum atomic E-state index is 0.223. The van der Waals surface area contributed by atoms with Gasteiger partial charge in [0.2, 0.25) is 0 Å². The van der Waals surface area contributed by atoms with E-state index >= 15 is 0 Å². The van der Waals surface area contributed by atoms with Gasteiger partial charge in [-0.2, -0.15) is 9.61 Å². The maximum atomic E-state index is 5.94. The fourth-order valence-corrected chi connectivity index (χ4v) is 5.13. The summed E-state index contributed by atoms with van der Waals surface area (Å²) < 4.78 is 10.4. The van der Waals surface area contributed by atoms with E-state index in [2.05, 4.69) is 82.7 Å². The second-order valence-electron chi connectivity index (χ2n) is 9.71. The van der Waals surface area contributed by atoms with Gasteiger partial charge in [0.1, 0.15) is 5.65 Å². The van der Waals surface area contributed by atoms with Crippen LogP contribution in [-0.4, -0.2) is 31.9 Å². The van der Waals surface area contributed by atoms with Gasteiger partial charge in [-0.15, -0.1) is 0 Å². The number of rotatable bonds is 8. The minimum Gasteiger partial charge on any atom is -0.377 e. The Bertz CT molecular complexity index is 1290. The zero-order valence-corrected chi connectivity index (χ0v) is 21.5. The SMILES string of the molecule is CCCCc1cc2c(C)nc3c(-c4c(C)cc(C)cc4C)c(C)nn3c2n1CCOC(C)C. The Morgan fingerprint density at radius 3 is 2.27 bits per heavy atom. The number of fused-ring (bicyclic) bond motifs is 3. The molecule has 0 aliphatic heterocycles. The fraction of sp³-hybridized carbons (Fsp3) is 0.500. The highest BCUT2D eigenvalue weighted by molar-refractivity contribution is 5.90. The van der Waals surface area contributed by atoms with Crippen LogP contribution in [0.15, 0.2) is 18.2 Å². The Balaban J connectivity index is 1.99. The maximum absolute atomic E-state index is 5.94. The quantitative estimate of drug-likeness (QED) is 0.304. The van der Waals surface area contributed by atoms with Crippen LogP contribution < -0.4 is 0 Å². The van der Waals surface area contributed by atoms with Crippen molar-refractivity contribution >= 4 is 16.7 Å². The highest BCUT2D eigenvalue weighted by Crippen LogP contribution is 2.36. The molecule has 1 aromatic carbocycles. The lowest BCUT2D eigenvalue weighted by molar-refractivity contribution is 0.0728. The van der Waals surface area contributed by atoms with Gasteiger partial charge < -0.3 is 9.30 Å². The molecule has 0 fully saturated rings. The number of benzene rings is 1. The molecule has 0 bridgehead atoms. The summed E-state index contributed by atoms with van der Waals surface area (Å²) in [6.45, 7) is 18.7. The van der Waals surface area contributed by atoms with Crippen LogP contribution in [0, 0.1) is 34.6 Å². The van der Waals surface area contributed by atoms with E-state index in [-0.39, 0.29) is 6.10 Å². The maximum Gasteiger partial charge on any atom is 0.165 e. The van der Waals surface area contributed by atoms with Gasteiger partial charge in [0.25, 0.3) is 0 Å². The van der Waals surface area contributed by atoms with Crippen molar-refractivity contribution in [3.8, 4) is 11.1 Å². The predicted molar refractivity (Wildman–Crippen MR) is 137 cm³/mol. The highest BCUT2D eigenvalue weighted by Gasteiger charge is 2.22. The summed E-state index contributed by atoms with van der Waals surface area (Å²) in [4.78, 5) is 5.10. The Labute approximate surface area is 197 Å². The Hall–Kier alpha value is -2.66. The van der Waals surface area contributed by atoms with Crippen LogP contribution >= 0.6 is 0 Å². The number of aryl methyl sites for hydroxylation is 6. The van der Waals surface area contributed by atoms with Gasteiger partial charge in [0, 0.05) is 17.6 Å². The predicted octanol–water partition coefficient (Wildman–Crippen LogP) is 6.66. The molecule has 0 spiro atoms. The zero-order valence-electron chi connectivity index (χ0n) is 21.5. The third-order valence-electron chi connectivity index (χ3n) is 6.53. The molecule has 0 unspecified atom stereocenters. The molecule has 5 nitrogen and oxygen atoms in total. The molecule has 33 heavy (non-hydrogen) atoms. The molecular weight excluding hydrogens is 408 g/mol. The topological polar surface area (TPSA) is 44.4 Å². The summed E-state index contributed by atoms with van der Waals surface area (Å²) in [6.07, 6.45) is 3.62. The summed E-state index contributed by atoms with van der Waals surface area (Å²) in [7, 11) is 0. The van der Waals surface area contributed by atoms with Crippen molar-refractivity contribution in [3.05, 3.63) is 52.0 Å². The molecule has 4 aromatic rings. The molecule has 4 rings (SSSR count). The summed E-state index contributed by atoms with van der Waals surface area (Å²) in [5, 5.41) is 6.24. The highest BCUT2D eigenvalue weighted by atomic mass is 16.5. The molecule has 3 aromatic heterocycles. The lowest BCUT2D eigenvalue weighted by atomic mass is 9.94. The van der Waals surface area contributed by atoms with Gasteiger partial charge in [0.05, 0.1) is 29.7 Å². The van der Waals surface area contributed by atoms with E-state index in [1.54, 1.807) is 0 Å². The van der Waals surface area contributed by atoms with Crippen molar-refractivity contribution in [2.75, 3.05) is 6.61 Å². The average Bonchev–Trinajstić information content (AvgIpc) is 3.24. The lowest BCUT2D eigenvalue weighted by Gasteiger charge is -2.14. The van der Waals surface area contributed by atoms with Crippen LogP contribution in [-0.2, 0) is 17.7 Å². The number of hydrogen-bond acceptors (Lipinski definition) is 3. The van der Waals surface area contributed by atoms with Crippen molar-refractivity contribution in [3.63, 3.8) is 0 Å². The number of nitrogens with zero attached hydrogens (tertiary/aromatic N) is 4. The van der Waals surface area contributed by atoms with E-state index in [9.17, 15) is 0 Å². The largest absolute Gasteiger partial charge is 0.377 e. The van der Waals surface area contributed by atoms with Gasteiger partial charge in [-0.3, -0.25) is 0 Å². The van der Waals surface area contributed by atoms with E-state index in [1.807, 2.05) is 0 Å². The van der Waals surface area contributed by atoms with Crippen molar-refractivity contribution in [2.24, 2.45) is 0 Å². The monoisotopic (exact) mass is 446 g/mol. The Morgan fingerprint density at radius 2 is 1.64 bits per heavy atom. The van der Waals surface area contributed by atoms with Crippen molar-refractivity contribution in [1.82, 2.24) is 19.2 Å². The molecule has 176 valence electrons. The van der Waals surface area contributed by atoms with Crippen LogP contribution in [0.25, 0.3) is 27.8 Å². The summed E-state index contributed by atoms with van der Waals surface area (Å²) in [5.74, 6) is 0. The molecule has 0 N–H and O–H groups in total. The van der Waals surface area contributed by atoms with Gasteiger partial charge in [0.15, 0.2) is 5.65 Å². The van der Waals surface area contributed by atoms with Gasteiger partial charge in [-0.1, -0.05) is 31.0 Å². The molecule has 0 radical (unpaired) electrons. The third kappa shape index (κ3) is 4.31. The lowest BCUT2D eigenvalue weighted by Crippen LogP contribution is -2.14. The van der Waals surface area contributed by atoms with Crippen molar-refractivity contribution in [1.29, 1.82) is 0 Å². The average molecular weight is 447 g/mol. The van der Waals surface area contributed by atoms with Crippen LogP contribution in [0.1, 0.15) is 67.4 Å². The van der Waals surface area contributed by atoms with Crippen molar-refractivity contribution < 1.29 is 4.74 Å². The molecule has 0 saturated heterocycles. The molecule has 3 heterocycles. The summed E-state index contributed by atoms with van der Waals surface area (Å²) >= 11 is 0. The second-order valence-corrected chi connectivity index (χ2v) is 9.71. The molecule has 5 heteroatoms. The first-order chi connectivity index (χ1) is 15.7. The van der Waals surface area contributed by atoms with Crippen LogP contribution in [0.5, 0.6) is 0 Å². The zero-order chi connectivity index (χ0) is 23.9. The first-order valence-corrected chi connectivity index (χ1v) is 12.3. The molecule has 0 saturated carbocycles. The first-order valence-electron chi connectivity index (χ1n) is 12.3. The molecule has 0 atom stereocenters. The number of unbranched alkanes of at least 4 members (excludes halogenated alkanes) is 1. The van der Waals surface area contributed by atoms with E-state index in [1.165, 1.54) is 46.2 Å². The standard InChI is InChI=1S/C28H38N4O/c1-9-10-11-23-16-24-21(7)29-27-26(25-19(5)14-18(4)15-20(25)6)22(8)30-32(27)28(24)31(23)12-13-33-17(2)3/h14-17H,9-13H2,1-8H3. The normalized spacial score (nSPS) is 12.0. The van der Waals surface area contributed by atoms with Crippen molar-refractivity contribution in [2.45, 2.75) is 87.3 Å². The third-order valence-corrected chi connectivity index (χ3v) is 6.53. The number of hydrogen-bond donors (Lipinski definition) is 0. The first kappa shape index (κ1) is 23.5. The van der Waals surface area contributed by atoms with Crippen LogP contribution in [0.3, 0.4) is 0 Å². The van der Waals surface area contributed by atoms with Gasteiger partial charge >= 0.3 is 0 Å². The van der Waals surface area contributed by atoms with E-state index in [4.69, 9.17) is 14.8 Å². The Kier molecular flexibility index (Phi) is 6.62. The smallest absolute Gasteiger partial charge is 0.165 e. The molecule has 0 aliphatic rings. The second kappa shape index (κ2) is 9.30. The van der Waals surface area contributed by atoms with Crippen LogP contribution in [0.2, 0.25) is 0 Å². The summed E-state index contributed by atoms with van der Waals surface area (Å²) in [6, 6.07) is 6.83. The molecule has 0 amide bonds. The van der Waals surface area contributed by atoms with Crippen LogP contribution in [0.4, 0.5) is 0 Å². The molecular formula is C28H38N4O. The van der Waals surface area contributed by atoms with Gasteiger partial charge in [-0.25, -0.2) is 4.98 Å². The number of aromatic nitrogens is 4. The number of ether oxygens (including phenoxy) is 1. The van der Waals surface area contributed by atoms with E-state index < -0.39 is 0 Å². The minimum absolute atomic E-state index is 0.223. The molecule has 0 aliphatic carbocycles. The summed E-state index contributed by atoms with van der Waals surface area (Å²) in [5.41, 5.74) is 11.7. The van der Waals surface area contributed by atoms with E-state index in [0.717, 1.165) is 41.2 Å². The fourth-order valence-electron chi connectivity index (χ4n) is 5.13. The Morgan fingerprint density at radius 1 is 0.939 bits per heavy atom. The van der Waals surface area contributed by atoms with Gasteiger partial charge in [-0.05, 0) is 84.1 Å². The van der Waals surface area contributed by atoms with E-state index in [0.29, 0.717) is 6.61 Å².